The van der Waals surface area contributed by atoms with Crippen molar-refractivity contribution in [2.45, 2.75) is 6.41 Å². The summed E-state index contributed by atoms with van der Waals surface area (Å²) in [4.78, 5) is 1.58. The van der Waals surface area contributed by atoms with Crippen LogP contribution >= 0.6 is 0 Å². The highest BCUT2D eigenvalue weighted by Gasteiger charge is 2.09. The summed E-state index contributed by atoms with van der Waals surface area (Å²) >= 11 is 0. The molecule has 11 heavy (non-hydrogen) atoms. The van der Waals surface area contributed by atoms with Gasteiger partial charge in [0.1, 0.15) is 0 Å². The zero-order valence-electron chi connectivity index (χ0n) is 7.19. The molecule has 0 aromatic rings. The Balaban J connectivity index is 3.66. The van der Waals surface area contributed by atoms with E-state index in [-0.39, 0.29) is 0 Å². The van der Waals surface area contributed by atoms with E-state index < -0.39 is 6.41 Å². The number of hydrogen-bond acceptors (Lipinski definition) is 5. The van der Waals surface area contributed by atoms with Crippen molar-refractivity contribution in [1.29, 1.82) is 0 Å². The maximum atomic E-state index is 9.09. The van der Waals surface area contributed by atoms with Crippen molar-refractivity contribution in [3.63, 3.8) is 0 Å². The van der Waals surface area contributed by atoms with Crippen molar-refractivity contribution in [3.05, 3.63) is 0 Å². The Morgan fingerprint density at radius 1 is 1.64 bits per heavy atom. The van der Waals surface area contributed by atoms with Crippen LogP contribution in [0.3, 0.4) is 0 Å². The van der Waals surface area contributed by atoms with E-state index in [0.29, 0.717) is 6.67 Å². The Bertz CT molecular complexity index is 120. The number of rotatable bonds is 5. The third-order valence-corrected chi connectivity index (χ3v) is 1.26. The smallest absolute Gasteiger partial charge is 0.217 e. The molecule has 0 bridgehead atoms. The van der Waals surface area contributed by atoms with Crippen LogP contribution in [0.4, 0.5) is 0 Å². The number of nitrogens with zero attached hydrogens (tertiary/aromatic N) is 3. The third-order valence-electron chi connectivity index (χ3n) is 1.26. The van der Waals surface area contributed by atoms with Gasteiger partial charge in [-0.25, -0.2) is 4.90 Å². The molecule has 0 aromatic carbocycles. The quantitative estimate of drug-likeness (QED) is 0.330. The van der Waals surface area contributed by atoms with Crippen LogP contribution in [0.15, 0.2) is 5.10 Å². The van der Waals surface area contributed by atoms with Crippen LogP contribution in [-0.2, 0) is 4.74 Å². The van der Waals surface area contributed by atoms with Crippen LogP contribution < -0.4 is 0 Å². The zero-order valence-corrected chi connectivity index (χ0v) is 7.19. The van der Waals surface area contributed by atoms with Crippen molar-refractivity contribution >= 4 is 6.72 Å². The summed E-state index contributed by atoms with van der Waals surface area (Å²) in [6.07, 6.45) is -0.890. The molecular weight excluding hydrogens is 146 g/mol. The minimum atomic E-state index is -0.890. The minimum Gasteiger partial charge on any atom is -0.356 e. The maximum absolute atomic E-state index is 9.09. The number of aliphatic hydroxyl groups excluding tert-OH is 1. The van der Waals surface area contributed by atoms with E-state index in [2.05, 4.69) is 16.6 Å². The SMILES string of the molecule is C=NN(C)CN(C)C(O)OC. The predicted octanol–water partition coefficient (Wildman–Crippen LogP) is -0.655. The van der Waals surface area contributed by atoms with Gasteiger partial charge >= 0.3 is 0 Å². The van der Waals surface area contributed by atoms with Gasteiger partial charge < -0.3 is 9.84 Å². The summed E-state index contributed by atoms with van der Waals surface area (Å²) in [5.74, 6) is 0. The fourth-order valence-corrected chi connectivity index (χ4v) is 0.617. The second kappa shape index (κ2) is 5.06. The molecule has 0 saturated heterocycles. The Morgan fingerprint density at radius 3 is 2.55 bits per heavy atom. The molecule has 1 unspecified atom stereocenters. The standard InChI is InChI=1S/C6H15N3O2/c1-7-9(3)5-8(2)6(10)11-4/h6,10H,1,5H2,2-4H3. The number of ether oxygens (including phenoxy) is 1. The fourth-order valence-electron chi connectivity index (χ4n) is 0.617. The molecule has 5 nitrogen and oxygen atoms in total. The molecule has 0 aliphatic rings. The first kappa shape index (κ1) is 10.3. The molecule has 0 heterocycles. The second-order valence-corrected chi connectivity index (χ2v) is 2.26. The lowest BCUT2D eigenvalue weighted by Crippen LogP contribution is -2.38. The van der Waals surface area contributed by atoms with Crippen molar-refractivity contribution in [3.8, 4) is 0 Å². The topological polar surface area (TPSA) is 48.3 Å². The highest BCUT2D eigenvalue weighted by molar-refractivity contribution is 5.22. The number of aliphatic hydroxyl groups is 1. The van der Waals surface area contributed by atoms with Gasteiger partial charge in [0.25, 0.3) is 0 Å². The Labute approximate surface area is 66.9 Å². The summed E-state index contributed by atoms with van der Waals surface area (Å²) in [5.41, 5.74) is 0. The van der Waals surface area contributed by atoms with Gasteiger partial charge in [0.15, 0.2) is 0 Å². The first-order valence-electron chi connectivity index (χ1n) is 3.20. The highest BCUT2D eigenvalue weighted by atomic mass is 16.6. The molecule has 0 radical (unpaired) electrons. The lowest BCUT2D eigenvalue weighted by Gasteiger charge is -2.25. The molecule has 0 saturated carbocycles. The molecule has 1 atom stereocenters. The van der Waals surface area contributed by atoms with E-state index in [1.807, 2.05) is 0 Å². The average Bonchev–Trinajstić information content (AvgIpc) is 2.02. The number of methoxy groups -OCH3 is 1. The van der Waals surface area contributed by atoms with Crippen molar-refractivity contribution < 1.29 is 9.84 Å². The van der Waals surface area contributed by atoms with E-state index in [4.69, 9.17) is 5.11 Å². The molecule has 0 amide bonds. The van der Waals surface area contributed by atoms with Gasteiger partial charge in [0.2, 0.25) is 6.41 Å². The molecule has 5 heteroatoms. The summed E-state index contributed by atoms with van der Waals surface area (Å²) in [7, 11) is 4.91. The van der Waals surface area contributed by atoms with Gasteiger partial charge in [0, 0.05) is 20.9 Å². The Morgan fingerprint density at radius 2 is 2.18 bits per heavy atom. The summed E-state index contributed by atoms with van der Waals surface area (Å²) in [5, 5.41) is 14.3. The monoisotopic (exact) mass is 161 g/mol. The molecular formula is C6H15N3O2. The van der Waals surface area contributed by atoms with E-state index in [0.717, 1.165) is 0 Å². The van der Waals surface area contributed by atoms with E-state index in [1.165, 1.54) is 7.11 Å². The predicted molar refractivity (Wildman–Crippen MR) is 43.0 cm³/mol. The van der Waals surface area contributed by atoms with E-state index in [1.54, 1.807) is 24.0 Å². The highest BCUT2D eigenvalue weighted by Crippen LogP contribution is 1.93. The van der Waals surface area contributed by atoms with Crippen molar-refractivity contribution in [2.75, 3.05) is 27.9 Å². The maximum Gasteiger partial charge on any atom is 0.217 e. The fraction of sp³-hybridized carbons (Fsp3) is 0.833. The van der Waals surface area contributed by atoms with Gasteiger partial charge in [-0.2, -0.15) is 5.10 Å². The molecule has 0 rings (SSSR count). The lowest BCUT2D eigenvalue weighted by atomic mass is 10.8. The molecule has 0 spiro atoms. The molecule has 66 valence electrons. The third kappa shape index (κ3) is 3.92. The zero-order chi connectivity index (χ0) is 8.85. The summed E-state index contributed by atoms with van der Waals surface area (Å²) < 4.78 is 4.65. The minimum absolute atomic E-state index is 0.471. The van der Waals surface area contributed by atoms with Crippen LogP contribution in [0.2, 0.25) is 0 Å². The van der Waals surface area contributed by atoms with Gasteiger partial charge in [0.05, 0.1) is 6.67 Å². The number of hydrazone groups is 1. The van der Waals surface area contributed by atoms with Crippen LogP contribution in [0.5, 0.6) is 0 Å². The average molecular weight is 161 g/mol. The largest absolute Gasteiger partial charge is 0.356 e. The molecule has 0 aromatic heterocycles. The Kier molecular flexibility index (Phi) is 4.76. The van der Waals surface area contributed by atoms with Gasteiger partial charge in [-0.1, -0.05) is 0 Å². The van der Waals surface area contributed by atoms with Crippen LogP contribution in [0, 0.1) is 0 Å². The van der Waals surface area contributed by atoms with E-state index in [9.17, 15) is 0 Å². The van der Waals surface area contributed by atoms with Crippen molar-refractivity contribution in [1.82, 2.24) is 9.91 Å². The number of hydrogen-bond donors (Lipinski definition) is 1. The second-order valence-electron chi connectivity index (χ2n) is 2.26. The normalized spacial score (nSPS) is 13.2. The van der Waals surface area contributed by atoms with Gasteiger partial charge in [-0.05, 0) is 7.05 Å². The van der Waals surface area contributed by atoms with Crippen LogP contribution in [0.25, 0.3) is 0 Å². The van der Waals surface area contributed by atoms with E-state index >= 15 is 0 Å². The molecule has 0 aliphatic heterocycles. The lowest BCUT2D eigenvalue weighted by molar-refractivity contribution is -0.177. The molecule has 0 aliphatic carbocycles. The Hall–Kier alpha value is -0.650. The van der Waals surface area contributed by atoms with Gasteiger partial charge in [-0.15, -0.1) is 0 Å². The first-order valence-corrected chi connectivity index (χ1v) is 3.20. The van der Waals surface area contributed by atoms with Crippen LogP contribution in [0.1, 0.15) is 0 Å². The van der Waals surface area contributed by atoms with Crippen molar-refractivity contribution in [2.24, 2.45) is 5.10 Å². The molecule has 1 N–H and O–H groups in total. The van der Waals surface area contributed by atoms with Gasteiger partial charge in [-0.3, -0.25) is 5.01 Å². The first-order chi connectivity index (χ1) is 5.11. The summed E-state index contributed by atoms with van der Waals surface area (Å²) in [6.45, 7) is 3.80. The molecule has 0 fully saturated rings. The summed E-state index contributed by atoms with van der Waals surface area (Å²) in [6, 6.07) is 0. The van der Waals surface area contributed by atoms with Crippen LogP contribution in [-0.4, -0.2) is 56.0 Å².